The van der Waals surface area contributed by atoms with Crippen LogP contribution >= 0.6 is 0 Å². The first-order valence-electron chi connectivity index (χ1n) is 8.35. The molecule has 2 N–H and O–H groups in total. The minimum atomic E-state index is -1.11. The van der Waals surface area contributed by atoms with Crippen LogP contribution in [0.5, 0.6) is 0 Å². The summed E-state index contributed by atoms with van der Waals surface area (Å²) in [6.45, 7) is 1.41. The number of carbonyl (C=O) groups is 3. The van der Waals surface area contributed by atoms with Crippen molar-refractivity contribution >= 4 is 29.2 Å². The first-order chi connectivity index (χ1) is 11.5. The topological polar surface area (TPSA) is 98.3 Å². The number of anilines is 2. The van der Waals surface area contributed by atoms with E-state index in [1.54, 1.807) is 24.3 Å². The first-order valence-corrected chi connectivity index (χ1v) is 8.35. The van der Waals surface area contributed by atoms with E-state index in [1.807, 2.05) is 0 Å². The lowest BCUT2D eigenvalue weighted by Crippen LogP contribution is -2.52. The summed E-state index contributed by atoms with van der Waals surface area (Å²) in [5.41, 5.74) is 1.13. The lowest BCUT2D eigenvalue weighted by atomic mass is 9.58. The first kappa shape index (κ1) is 16.5. The summed E-state index contributed by atoms with van der Waals surface area (Å²) in [5.74, 6) is -2.66. The number of nitrogens with one attached hydrogen (secondary N) is 2. The molecule has 2 atom stereocenters. The van der Waals surface area contributed by atoms with Gasteiger partial charge in [0, 0.05) is 36.1 Å². The summed E-state index contributed by atoms with van der Waals surface area (Å²) >= 11 is 0. The zero-order valence-corrected chi connectivity index (χ0v) is 13.6. The predicted octanol–water partition coefficient (Wildman–Crippen LogP) is 1.39. The van der Waals surface area contributed by atoms with Crippen molar-refractivity contribution in [3.8, 4) is 0 Å². The van der Waals surface area contributed by atoms with Crippen LogP contribution in [0, 0.1) is 23.7 Å². The second-order valence-corrected chi connectivity index (χ2v) is 6.80. The fourth-order valence-electron chi connectivity index (χ4n) is 4.27. The third-order valence-electron chi connectivity index (χ3n) is 5.24. The van der Waals surface area contributed by atoms with Crippen LogP contribution in [-0.2, 0) is 14.4 Å². The molecule has 3 saturated carbocycles. The molecule has 0 unspecified atom stereocenters. The molecular formula is C18H21N2O4-. The number of fused-ring (bicyclic) bond motifs is 3. The molecular weight excluding hydrogens is 308 g/mol. The number of aliphatic carboxylic acids is 1. The van der Waals surface area contributed by atoms with Crippen LogP contribution in [-0.4, -0.2) is 17.8 Å². The van der Waals surface area contributed by atoms with Crippen LogP contribution in [0.25, 0.3) is 0 Å². The third kappa shape index (κ3) is 3.27. The van der Waals surface area contributed by atoms with Gasteiger partial charge in [0.1, 0.15) is 0 Å². The summed E-state index contributed by atoms with van der Waals surface area (Å²) in [6.07, 6.45) is 3.53. The molecule has 6 nitrogen and oxygen atoms in total. The Labute approximate surface area is 140 Å². The summed E-state index contributed by atoms with van der Waals surface area (Å²) in [5, 5.41) is 17.0. The van der Waals surface area contributed by atoms with Crippen LogP contribution in [0.3, 0.4) is 0 Å². The number of amides is 2. The smallest absolute Gasteiger partial charge is 0.228 e. The number of hydrogen-bond acceptors (Lipinski definition) is 4. The molecule has 0 radical (unpaired) electrons. The summed E-state index contributed by atoms with van der Waals surface area (Å²) in [4.78, 5) is 35.4. The SMILES string of the molecule is CC(=O)Nc1cccc(NC(=O)[C@H]2C3CCC(CC3)[C@H]2C(=O)[O-])c1. The molecule has 0 spiro atoms. The Balaban J connectivity index is 1.76. The Kier molecular flexibility index (Phi) is 4.55. The lowest BCUT2D eigenvalue weighted by Gasteiger charge is -2.48. The van der Waals surface area contributed by atoms with Crippen LogP contribution in [0.15, 0.2) is 24.3 Å². The average Bonchev–Trinajstić information content (AvgIpc) is 2.54. The van der Waals surface area contributed by atoms with E-state index in [0.29, 0.717) is 11.4 Å². The normalized spacial score (nSPS) is 28.2. The van der Waals surface area contributed by atoms with E-state index in [9.17, 15) is 19.5 Å². The maximum Gasteiger partial charge on any atom is 0.228 e. The summed E-state index contributed by atoms with van der Waals surface area (Å²) < 4.78 is 0. The van der Waals surface area contributed by atoms with Gasteiger partial charge in [-0.05, 0) is 55.7 Å². The van der Waals surface area contributed by atoms with Gasteiger partial charge >= 0.3 is 0 Å². The number of carboxylic acid groups (broad SMARTS) is 1. The van der Waals surface area contributed by atoms with Gasteiger partial charge in [0.05, 0.1) is 0 Å². The molecule has 2 bridgehead atoms. The van der Waals surface area contributed by atoms with Crippen molar-refractivity contribution in [1.29, 1.82) is 0 Å². The molecule has 128 valence electrons. The number of rotatable bonds is 4. The summed E-state index contributed by atoms with van der Waals surface area (Å²) in [7, 11) is 0. The van der Waals surface area contributed by atoms with E-state index >= 15 is 0 Å². The van der Waals surface area contributed by atoms with Crippen LogP contribution < -0.4 is 15.7 Å². The van der Waals surface area contributed by atoms with Crippen molar-refractivity contribution in [2.24, 2.45) is 23.7 Å². The van der Waals surface area contributed by atoms with E-state index in [4.69, 9.17) is 0 Å². The molecule has 6 heteroatoms. The molecule has 3 fully saturated rings. The highest BCUT2D eigenvalue weighted by molar-refractivity contribution is 5.96. The van der Waals surface area contributed by atoms with Gasteiger partial charge in [-0.1, -0.05) is 6.07 Å². The number of carboxylic acids is 1. The number of benzene rings is 1. The highest BCUT2D eigenvalue weighted by Gasteiger charge is 2.47. The molecule has 1 aromatic carbocycles. The molecule has 0 aliphatic heterocycles. The van der Waals surface area contributed by atoms with E-state index < -0.39 is 17.8 Å². The average molecular weight is 329 g/mol. The molecule has 2 amide bonds. The molecule has 3 aliphatic rings. The molecule has 3 aliphatic carbocycles. The fourth-order valence-corrected chi connectivity index (χ4v) is 4.27. The van der Waals surface area contributed by atoms with Gasteiger partial charge in [0.25, 0.3) is 0 Å². The van der Waals surface area contributed by atoms with E-state index in [-0.39, 0.29) is 23.7 Å². The lowest BCUT2D eigenvalue weighted by molar-refractivity contribution is -0.318. The zero-order chi connectivity index (χ0) is 17.3. The van der Waals surface area contributed by atoms with E-state index in [1.165, 1.54) is 6.92 Å². The minimum absolute atomic E-state index is 0.0430. The number of carbonyl (C=O) groups excluding carboxylic acids is 3. The van der Waals surface area contributed by atoms with Crippen LogP contribution in [0.4, 0.5) is 11.4 Å². The van der Waals surface area contributed by atoms with Crippen molar-refractivity contribution in [2.45, 2.75) is 32.6 Å². The van der Waals surface area contributed by atoms with Crippen molar-refractivity contribution in [3.63, 3.8) is 0 Å². The molecule has 24 heavy (non-hydrogen) atoms. The van der Waals surface area contributed by atoms with Crippen molar-refractivity contribution in [2.75, 3.05) is 10.6 Å². The number of hydrogen-bond donors (Lipinski definition) is 2. The fraction of sp³-hybridized carbons (Fsp3) is 0.500. The second-order valence-electron chi connectivity index (χ2n) is 6.80. The monoisotopic (exact) mass is 329 g/mol. The maximum absolute atomic E-state index is 12.7. The Morgan fingerprint density at radius 3 is 2.04 bits per heavy atom. The highest BCUT2D eigenvalue weighted by Crippen LogP contribution is 2.49. The molecule has 1 aromatic rings. The van der Waals surface area contributed by atoms with Crippen molar-refractivity contribution < 1.29 is 19.5 Å². The Bertz CT molecular complexity index is 665. The Morgan fingerprint density at radius 2 is 1.50 bits per heavy atom. The minimum Gasteiger partial charge on any atom is -0.550 e. The molecule has 4 rings (SSSR count). The van der Waals surface area contributed by atoms with Gasteiger partial charge < -0.3 is 20.5 Å². The molecule has 0 saturated heterocycles. The Hall–Kier alpha value is -2.37. The van der Waals surface area contributed by atoms with Crippen LogP contribution in [0.2, 0.25) is 0 Å². The highest BCUT2D eigenvalue weighted by atomic mass is 16.4. The van der Waals surface area contributed by atoms with Crippen molar-refractivity contribution in [1.82, 2.24) is 0 Å². The maximum atomic E-state index is 12.7. The zero-order valence-electron chi connectivity index (χ0n) is 13.6. The quantitative estimate of drug-likeness (QED) is 0.872. The predicted molar refractivity (Wildman–Crippen MR) is 86.8 cm³/mol. The van der Waals surface area contributed by atoms with Gasteiger partial charge in [0.2, 0.25) is 11.8 Å². The molecule has 0 heterocycles. The van der Waals surface area contributed by atoms with Crippen LogP contribution in [0.1, 0.15) is 32.6 Å². The van der Waals surface area contributed by atoms with Gasteiger partial charge in [-0.3, -0.25) is 9.59 Å². The largest absolute Gasteiger partial charge is 0.550 e. The molecule has 0 aromatic heterocycles. The van der Waals surface area contributed by atoms with E-state index in [0.717, 1.165) is 25.7 Å². The Morgan fingerprint density at radius 1 is 0.958 bits per heavy atom. The van der Waals surface area contributed by atoms with E-state index in [2.05, 4.69) is 10.6 Å². The van der Waals surface area contributed by atoms with Gasteiger partial charge in [0.15, 0.2) is 0 Å². The third-order valence-corrected chi connectivity index (χ3v) is 5.24. The second kappa shape index (κ2) is 6.63. The van der Waals surface area contributed by atoms with Gasteiger partial charge in [-0.2, -0.15) is 0 Å². The van der Waals surface area contributed by atoms with Crippen molar-refractivity contribution in [3.05, 3.63) is 24.3 Å². The van der Waals surface area contributed by atoms with Gasteiger partial charge in [-0.25, -0.2) is 0 Å². The standard InChI is InChI=1S/C18H22N2O4/c1-10(21)19-13-3-2-4-14(9-13)20-17(22)15-11-5-7-12(8-6-11)16(15)18(23)24/h2-4,9,11-12,15-16H,5-8H2,1H3,(H,19,21)(H,20,22)(H,23,24)/p-1/t11?,12?,15-,16+/m0/s1. The summed E-state index contributed by atoms with van der Waals surface area (Å²) in [6, 6.07) is 6.83. The van der Waals surface area contributed by atoms with Gasteiger partial charge in [-0.15, -0.1) is 0 Å².